The number of carbonyl (C=O) groups is 2. The lowest BCUT2D eigenvalue weighted by molar-refractivity contribution is 0.0476. The first kappa shape index (κ1) is 15.7. The van der Waals surface area contributed by atoms with Crippen molar-refractivity contribution in [1.29, 1.82) is 0 Å². The minimum Gasteiger partial charge on any atom is -0.454 e. The highest BCUT2D eigenvalue weighted by Crippen LogP contribution is 2.22. The Balaban J connectivity index is 1.94. The number of anilines is 1. The second kappa shape index (κ2) is 6.87. The number of hydrogen-bond acceptors (Lipinski definition) is 5. The molecular formula is C15H14BrNO3S. The van der Waals surface area contributed by atoms with Gasteiger partial charge in [0.15, 0.2) is 6.61 Å². The summed E-state index contributed by atoms with van der Waals surface area (Å²) in [5.74, 6) is -0.701. The van der Waals surface area contributed by atoms with Gasteiger partial charge in [-0.05, 0) is 52.3 Å². The molecule has 2 rings (SSSR count). The summed E-state index contributed by atoms with van der Waals surface area (Å²) in [6.07, 6.45) is 0. The number of nitrogens with zero attached hydrogens (tertiary/aromatic N) is 1. The van der Waals surface area contributed by atoms with Crippen molar-refractivity contribution in [3.05, 3.63) is 50.6 Å². The van der Waals surface area contributed by atoms with Crippen LogP contribution in [0.2, 0.25) is 0 Å². The standard InChI is InChI=1S/C15H14BrNO3S/c1-17(2)11-5-3-10(4-6-11)15(19)20-9-12(18)13-7-8-14(16)21-13/h3-8H,9H2,1-2H3. The van der Waals surface area contributed by atoms with Gasteiger partial charge in [0.05, 0.1) is 14.2 Å². The predicted molar refractivity (Wildman–Crippen MR) is 87.4 cm³/mol. The Bertz CT molecular complexity index is 649. The van der Waals surface area contributed by atoms with Gasteiger partial charge in [-0.2, -0.15) is 0 Å². The van der Waals surface area contributed by atoms with E-state index in [0.717, 1.165) is 9.47 Å². The molecule has 0 aliphatic carbocycles. The topological polar surface area (TPSA) is 46.6 Å². The van der Waals surface area contributed by atoms with Gasteiger partial charge >= 0.3 is 5.97 Å². The van der Waals surface area contributed by atoms with E-state index in [1.54, 1.807) is 24.3 Å². The minimum atomic E-state index is -0.496. The van der Waals surface area contributed by atoms with Crippen LogP contribution in [0.4, 0.5) is 5.69 Å². The zero-order chi connectivity index (χ0) is 15.4. The van der Waals surface area contributed by atoms with Crippen LogP contribution in [-0.4, -0.2) is 32.5 Å². The molecule has 21 heavy (non-hydrogen) atoms. The second-order valence-electron chi connectivity index (χ2n) is 4.54. The molecule has 0 saturated heterocycles. The lowest BCUT2D eigenvalue weighted by Crippen LogP contribution is -2.14. The summed E-state index contributed by atoms with van der Waals surface area (Å²) < 4.78 is 5.91. The molecule has 0 saturated carbocycles. The lowest BCUT2D eigenvalue weighted by atomic mass is 10.2. The number of halogens is 1. The Kier molecular flexibility index (Phi) is 5.14. The second-order valence-corrected chi connectivity index (χ2v) is 7.01. The normalized spacial score (nSPS) is 10.2. The van der Waals surface area contributed by atoms with E-state index in [4.69, 9.17) is 4.74 Å². The molecule has 6 heteroatoms. The SMILES string of the molecule is CN(C)c1ccc(C(=O)OCC(=O)c2ccc(Br)s2)cc1. The summed E-state index contributed by atoms with van der Waals surface area (Å²) in [7, 11) is 3.84. The number of ketones is 1. The Morgan fingerprint density at radius 3 is 2.33 bits per heavy atom. The zero-order valence-electron chi connectivity index (χ0n) is 11.6. The van der Waals surface area contributed by atoms with Gasteiger partial charge < -0.3 is 9.64 Å². The third kappa shape index (κ3) is 4.15. The van der Waals surface area contributed by atoms with Crippen LogP contribution in [0.1, 0.15) is 20.0 Å². The molecule has 1 aromatic heterocycles. The van der Waals surface area contributed by atoms with Crippen LogP contribution >= 0.6 is 27.3 Å². The average molecular weight is 368 g/mol. The summed E-state index contributed by atoms with van der Waals surface area (Å²) in [4.78, 5) is 26.2. The Morgan fingerprint density at radius 1 is 1.14 bits per heavy atom. The Morgan fingerprint density at radius 2 is 1.81 bits per heavy atom. The molecule has 0 spiro atoms. The summed E-state index contributed by atoms with van der Waals surface area (Å²) in [6.45, 7) is -0.249. The van der Waals surface area contributed by atoms with Gasteiger partial charge in [-0.15, -0.1) is 11.3 Å². The summed E-state index contributed by atoms with van der Waals surface area (Å²) in [6, 6.07) is 10.5. The Labute approximate surface area is 135 Å². The van der Waals surface area contributed by atoms with Gasteiger partial charge in [0.1, 0.15) is 0 Å². The molecule has 0 atom stereocenters. The number of esters is 1. The third-order valence-electron chi connectivity index (χ3n) is 2.80. The van der Waals surface area contributed by atoms with Crippen LogP contribution in [0.25, 0.3) is 0 Å². The first-order valence-electron chi connectivity index (χ1n) is 6.20. The van der Waals surface area contributed by atoms with E-state index >= 15 is 0 Å². The van der Waals surface area contributed by atoms with Crippen LogP contribution in [0, 0.1) is 0 Å². The van der Waals surface area contributed by atoms with Gasteiger partial charge in [0, 0.05) is 19.8 Å². The largest absolute Gasteiger partial charge is 0.454 e. The van der Waals surface area contributed by atoms with Crippen molar-refractivity contribution >= 4 is 44.7 Å². The van der Waals surface area contributed by atoms with E-state index in [1.165, 1.54) is 11.3 Å². The van der Waals surface area contributed by atoms with Gasteiger partial charge in [-0.25, -0.2) is 4.79 Å². The van der Waals surface area contributed by atoms with Crippen LogP contribution in [0.3, 0.4) is 0 Å². The maximum absolute atomic E-state index is 11.9. The molecule has 0 aliphatic heterocycles. The van der Waals surface area contributed by atoms with Crippen molar-refractivity contribution in [2.75, 3.05) is 25.6 Å². The molecular weight excluding hydrogens is 354 g/mol. The van der Waals surface area contributed by atoms with Gasteiger partial charge in [-0.1, -0.05) is 0 Å². The Hall–Kier alpha value is -1.66. The number of benzene rings is 1. The molecule has 0 bridgehead atoms. The van der Waals surface area contributed by atoms with Gasteiger partial charge in [-0.3, -0.25) is 4.79 Å². The molecule has 1 aromatic carbocycles. The quantitative estimate of drug-likeness (QED) is 0.598. The molecule has 2 aromatic rings. The first-order chi connectivity index (χ1) is 9.97. The van der Waals surface area contributed by atoms with Crippen molar-refractivity contribution in [3.63, 3.8) is 0 Å². The molecule has 0 radical (unpaired) electrons. The zero-order valence-corrected chi connectivity index (χ0v) is 14.0. The minimum absolute atomic E-state index is 0.205. The number of Topliss-reactive ketones (excluding diaryl/α,β-unsaturated/α-hetero) is 1. The molecule has 0 aliphatic rings. The number of carbonyl (C=O) groups excluding carboxylic acids is 2. The van der Waals surface area contributed by atoms with Crippen molar-refractivity contribution in [2.45, 2.75) is 0 Å². The average Bonchev–Trinajstić information content (AvgIpc) is 2.91. The van der Waals surface area contributed by atoms with E-state index in [1.807, 2.05) is 31.1 Å². The fraction of sp³-hybridized carbons (Fsp3) is 0.200. The maximum atomic E-state index is 11.9. The molecule has 0 N–H and O–H groups in total. The molecule has 0 fully saturated rings. The van der Waals surface area contributed by atoms with E-state index < -0.39 is 5.97 Å². The predicted octanol–water partition coefficient (Wildman–Crippen LogP) is 3.62. The van der Waals surface area contributed by atoms with E-state index in [9.17, 15) is 9.59 Å². The highest BCUT2D eigenvalue weighted by Gasteiger charge is 2.13. The fourth-order valence-corrected chi connectivity index (χ4v) is 2.96. The molecule has 0 amide bonds. The van der Waals surface area contributed by atoms with Crippen molar-refractivity contribution < 1.29 is 14.3 Å². The van der Waals surface area contributed by atoms with Crippen molar-refractivity contribution in [2.24, 2.45) is 0 Å². The maximum Gasteiger partial charge on any atom is 0.338 e. The van der Waals surface area contributed by atoms with Gasteiger partial charge in [0.2, 0.25) is 5.78 Å². The summed E-state index contributed by atoms with van der Waals surface area (Å²) in [5.41, 5.74) is 1.42. The highest BCUT2D eigenvalue weighted by atomic mass is 79.9. The number of thiophene rings is 1. The number of ether oxygens (including phenoxy) is 1. The fourth-order valence-electron chi connectivity index (χ4n) is 1.65. The molecule has 1 heterocycles. The van der Waals surface area contributed by atoms with Crippen molar-refractivity contribution in [1.82, 2.24) is 0 Å². The van der Waals surface area contributed by atoms with Gasteiger partial charge in [0.25, 0.3) is 0 Å². The number of hydrogen-bond donors (Lipinski definition) is 0. The van der Waals surface area contributed by atoms with Crippen LogP contribution in [0.15, 0.2) is 40.2 Å². The summed E-state index contributed by atoms with van der Waals surface area (Å²) >= 11 is 4.61. The van der Waals surface area contributed by atoms with Crippen LogP contribution in [0.5, 0.6) is 0 Å². The highest BCUT2D eigenvalue weighted by molar-refractivity contribution is 9.11. The molecule has 110 valence electrons. The smallest absolute Gasteiger partial charge is 0.338 e. The third-order valence-corrected chi connectivity index (χ3v) is 4.47. The monoisotopic (exact) mass is 367 g/mol. The molecule has 0 unspecified atom stereocenters. The number of rotatable bonds is 5. The molecule has 4 nitrogen and oxygen atoms in total. The van der Waals surface area contributed by atoms with Crippen molar-refractivity contribution in [3.8, 4) is 0 Å². The summed E-state index contributed by atoms with van der Waals surface area (Å²) in [5, 5.41) is 0. The first-order valence-corrected chi connectivity index (χ1v) is 7.81. The lowest BCUT2D eigenvalue weighted by Gasteiger charge is -2.12. The van der Waals surface area contributed by atoms with E-state index in [-0.39, 0.29) is 12.4 Å². The van der Waals surface area contributed by atoms with Crippen LogP contribution < -0.4 is 4.90 Å². The van der Waals surface area contributed by atoms with Crippen LogP contribution in [-0.2, 0) is 4.74 Å². The van der Waals surface area contributed by atoms with E-state index in [2.05, 4.69) is 15.9 Å². The van der Waals surface area contributed by atoms with E-state index in [0.29, 0.717) is 10.4 Å².